The monoisotopic (exact) mass is 354 g/mol. The van der Waals surface area contributed by atoms with Crippen LogP contribution in [0.3, 0.4) is 0 Å². The van der Waals surface area contributed by atoms with Crippen molar-refractivity contribution in [3.8, 4) is 5.75 Å². The summed E-state index contributed by atoms with van der Waals surface area (Å²) in [6.45, 7) is 2.56. The highest BCUT2D eigenvalue weighted by Gasteiger charge is 2.41. The van der Waals surface area contributed by atoms with Crippen LogP contribution in [0.2, 0.25) is 0 Å². The van der Waals surface area contributed by atoms with E-state index in [0.29, 0.717) is 6.42 Å². The van der Waals surface area contributed by atoms with Gasteiger partial charge in [0.2, 0.25) is 5.91 Å². The summed E-state index contributed by atoms with van der Waals surface area (Å²) in [7, 11) is 1.66. The van der Waals surface area contributed by atoms with E-state index in [9.17, 15) is 4.79 Å². The maximum atomic E-state index is 12.6. The van der Waals surface area contributed by atoms with Crippen molar-refractivity contribution >= 4 is 5.91 Å². The molecule has 2 aliphatic heterocycles. The first kappa shape index (κ1) is 17.1. The molecule has 6 nitrogen and oxygen atoms in total. The second-order valence-corrected chi connectivity index (χ2v) is 7.22. The van der Waals surface area contributed by atoms with E-state index in [4.69, 9.17) is 4.74 Å². The molecule has 2 aromatic rings. The largest absolute Gasteiger partial charge is 0.497 e. The van der Waals surface area contributed by atoms with Crippen molar-refractivity contribution in [3.05, 3.63) is 47.5 Å². The zero-order valence-electron chi connectivity index (χ0n) is 15.3. The number of piperidine rings is 1. The summed E-state index contributed by atoms with van der Waals surface area (Å²) in [5, 5.41) is 3.67. The zero-order valence-corrected chi connectivity index (χ0v) is 15.3. The molecular weight excluding hydrogens is 328 g/mol. The minimum Gasteiger partial charge on any atom is -0.497 e. The standard InChI is InChI=1S/C20H26N4O2/c1-26-16-5-2-15(3-6-16)4-7-18(25)24-12-9-20(10-13-24)19-17(8-11-23-20)21-14-22-19/h2-3,5-6,14,23H,4,7-13H2,1H3,(H,21,22). The number of aromatic nitrogens is 2. The summed E-state index contributed by atoms with van der Waals surface area (Å²) in [6, 6.07) is 7.95. The van der Waals surface area contributed by atoms with E-state index in [1.54, 1.807) is 13.4 Å². The van der Waals surface area contributed by atoms with Crippen molar-refractivity contribution in [1.29, 1.82) is 0 Å². The summed E-state index contributed by atoms with van der Waals surface area (Å²) in [5.74, 6) is 1.09. The lowest BCUT2D eigenvalue weighted by Crippen LogP contribution is -2.55. The first-order valence-corrected chi connectivity index (χ1v) is 9.39. The van der Waals surface area contributed by atoms with Gasteiger partial charge in [-0.1, -0.05) is 12.1 Å². The lowest BCUT2D eigenvalue weighted by Gasteiger charge is -2.44. The normalized spacial score (nSPS) is 18.6. The molecule has 6 heteroatoms. The van der Waals surface area contributed by atoms with E-state index in [1.807, 2.05) is 29.2 Å². The number of H-pyrrole nitrogens is 1. The van der Waals surface area contributed by atoms with Gasteiger partial charge in [-0.2, -0.15) is 0 Å². The minimum absolute atomic E-state index is 0.0552. The summed E-state index contributed by atoms with van der Waals surface area (Å²) in [5.41, 5.74) is 3.53. The lowest BCUT2D eigenvalue weighted by molar-refractivity contribution is -0.133. The van der Waals surface area contributed by atoms with Crippen LogP contribution in [0.15, 0.2) is 30.6 Å². The molecule has 3 heterocycles. The molecule has 2 aliphatic rings. The van der Waals surface area contributed by atoms with Gasteiger partial charge in [0, 0.05) is 38.2 Å². The van der Waals surface area contributed by atoms with E-state index >= 15 is 0 Å². The fraction of sp³-hybridized carbons (Fsp3) is 0.500. The van der Waals surface area contributed by atoms with Crippen LogP contribution in [0.5, 0.6) is 5.75 Å². The van der Waals surface area contributed by atoms with Crippen molar-refractivity contribution in [2.75, 3.05) is 26.7 Å². The first-order chi connectivity index (χ1) is 12.7. The molecule has 0 atom stereocenters. The number of aromatic amines is 1. The average Bonchev–Trinajstić information content (AvgIpc) is 3.18. The zero-order chi connectivity index (χ0) is 18.0. The van der Waals surface area contributed by atoms with Gasteiger partial charge in [-0.25, -0.2) is 4.98 Å². The smallest absolute Gasteiger partial charge is 0.222 e. The highest BCUT2D eigenvalue weighted by Crippen LogP contribution is 2.35. The third-order valence-electron chi connectivity index (χ3n) is 5.77. The van der Waals surface area contributed by atoms with Gasteiger partial charge in [-0.15, -0.1) is 0 Å². The number of amides is 1. The number of imidazole rings is 1. The minimum atomic E-state index is -0.0552. The van der Waals surface area contributed by atoms with Gasteiger partial charge in [0.1, 0.15) is 5.75 Å². The van der Waals surface area contributed by atoms with Crippen LogP contribution in [-0.4, -0.2) is 47.5 Å². The number of ether oxygens (including phenoxy) is 1. The molecule has 0 unspecified atom stereocenters. The van der Waals surface area contributed by atoms with Gasteiger partial charge in [-0.3, -0.25) is 4.79 Å². The Morgan fingerprint density at radius 3 is 2.77 bits per heavy atom. The van der Waals surface area contributed by atoms with E-state index in [2.05, 4.69) is 15.3 Å². The van der Waals surface area contributed by atoms with Crippen molar-refractivity contribution < 1.29 is 9.53 Å². The predicted molar refractivity (Wildman–Crippen MR) is 99.1 cm³/mol. The maximum absolute atomic E-state index is 12.6. The quantitative estimate of drug-likeness (QED) is 0.881. The molecule has 138 valence electrons. The Morgan fingerprint density at radius 1 is 1.27 bits per heavy atom. The number of hydrogen-bond acceptors (Lipinski definition) is 4. The van der Waals surface area contributed by atoms with E-state index in [1.165, 1.54) is 11.3 Å². The third kappa shape index (κ3) is 3.21. The molecule has 1 aromatic heterocycles. The molecule has 1 spiro atoms. The summed E-state index contributed by atoms with van der Waals surface area (Å²) in [6.07, 6.45) is 5.98. The van der Waals surface area contributed by atoms with Gasteiger partial charge >= 0.3 is 0 Å². The molecule has 26 heavy (non-hydrogen) atoms. The fourth-order valence-corrected chi connectivity index (χ4v) is 4.19. The Labute approximate surface area is 154 Å². The van der Waals surface area contributed by atoms with Crippen LogP contribution >= 0.6 is 0 Å². The molecule has 4 rings (SSSR count). The molecular formula is C20H26N4O2. The first-order valence-electron chi connectivity index (χ1n) is 9.39. The number of likely N-dealkylation sites (tertiary alicyclic amines) is 1. The summed E-state index contributed by atoms with van der Waals surface area (Å²) < 4.78 is 5.18. The molecule has 1 fully saturated rings. The van der Waals surface area contributed by atoms with Crippen molar-refractivity contribution in [2.45, 2.75) is 37.6 Å². The molecule has 1 saturated heterocycles. The number of carbonyl (C=O) groups is 1. The SMILES string of the molecule is COc1ccc(CCC(=O)N2CCC3(CC2)NCCc2[nH]cnc23)cc1. The summed E-state index contributed by atoms with van der Waals surface area (Å²) >= 11 is 0. The van der Waals surface area contributed by atoms with Crippen LogP contribution in [0.4, 0.5) is 0 Å². The Morgan fingerprint density at radius 2 is 2.04 bits per heavy atom. The molecule has 2 N–H and O–H groups in total. The summed E-state index contributed by atoms with van der Waals surface area (Å²) in [4.78, 5) is 22.5. The van der Waals surface area contributed by atoms with Crippen molar-refractivity contribution in [2.24, 2.45) is 0 Å². The third-order valence-corrected chi connectivity index (χ3v) is 5.77. The van der Waals surface area contributed by atoms with Crippen molar-refractivity contribution in [3.63, 3.8) is 0 Å². The molecule has 1 amide bonds. The highest BCUT2D eigenvalue weighted by molar-refractivity contribution is 5.76. The van der Waals surface area contributed by atoms with Crippen LogP contribution in [0.25, 0.3) is 0 Å². The number of nitrogens with one attached hydrogen (secondary N) is 2. The topological polar surface area (TPSA) is 70.2 Å². The lowest BCUT2D eigenvalue weighted by atomic mass is 9.80. The Kier molecular flexibility index (Phi) is 4.68. The van der Waals surface area contributed by atoms with Gasteiger partial charge in [0.05, 0.1) is 24.7 Å². The van der Waals surface area contributed by atoms with Crippen LogP contribution in [0, 0.1) is 0 Å². The number of fused-ring (bicyclic) bond motifs is 2. The number of rotatable bonds is 4. The van der Waals surface area contributed by atoms with E-state index in [0.717, 1.165) is 56.8 Å². The number of aryl methyl sites for hydroxylation is 1. The molecule has 0 radical (unpaired) electrons. The Hall–Kier alpha value is -2.34. The molecule has 1 aromatic carbocycles. The van der Waals surface area contributed by atoms with Crippen LogP contribution < -0.4 is 10.1 Å². The second kappa shape index (κ2) is 7.11. The van der Waals surface area contributed by atoms with Crippen molar-refractivity contribution in [1.82, 2.24) is 20.2 Å². The molecule has 0 bridgehead atoms. The fourth-order valence-electron chi connectivity index (χ4n) is 4.19. The average molecular weight is 354 g/mol. The van der Waals surface area contributed by atoms with Gasteiger partial charge in [-0.05, 0) is 37.0 Å². The molecule has 0 saturated carbocycles. The molecule has 0 aliphatic carbocycles. The van der Waals surface area contributed by atoms with E-state index < -0.39 is 0 Å². The Bertz CT molecular complexity index is 760. The number of nitrogens with zero attached hydrogens (tertiary/aromatic N) is 2. The maximum Gasteiger partial charge on any atom is 0.222 e. The van der Waals surface area contributed by atoms with E-state index in [-0.39, 0.29) is 11.4 Å². The van der Waals surface area contributed by atoms with Crippen LogP contribution in [0.1, 0.15) is 36.2 Å². The number of methoxy groups -OCH3 is 1. The number of benzene rings is 1. The van der Waals surface area contributed by atoms with Gasteiger partial charge in [0.15, 0.2) is 0 Å². The highest BCUT2D eigenvalue weighted by atomic mass is 16.5. The van der Waals surface area contributed by atoms with Gasteiger partial charge in [0.25, 0.3) is 0 Å². The number of hydrogen-bond donors (Lipinski definition) is 2. The number of carbonyl (C=O) groups excluding carboxylic acids is 1. The van der Waals surface area contributed by atoms with Crippen LogP contribution in [-0.2, 0) is 23.2 Å². The predicted octanol–water partition coefficient (Wildman–Crippen LogP) is 2.01. The second-order valence-electron chi connectivity index (χ2n) is 7.22. The van der Waals surface area contributed by atoms with Gasteiger partial charge < -0.3 is 19.9 Å². The Balaban J connectivity index is 1.33.